The Morgan fingerprint density at radius 3 is 2.65 bits per heavy atom. The van der Waals surface area contributed by atoms with Gasteiger partial charge in [-0.1, -0.05) is 19.6 Å². The van der Waals surface area contributed by atoms with Crippen LogP contribution in [0.2, 0.25) is 25.7 Å². The fourth-order valence-corrected chi connectivity index (χ4v) is 2.95. The third-order valence-corrected chi connectivity index (χ3v) is 5.29. The summed E-state index contributed by atoms with van der Waals surface area (Å²) in [6.45, 7) is 11.0. The van der Waals surface area contributed by atoms with Gasteiger partial charge in [-0.25, -0.2) is 9.48 Å². The van der Waals surface area contributed by atoms with Crippen LogP contribution in [0.15, 0.2) is 0 Å². The summed E-state index contributed by atoms with van der Waals surface area (Å²) in [5, 5.41) is 13.4. The van der Waals surface area contributed by atoms with Crippen molar-refractivity contribution in [3.63, 3.8) is 0 Å². The highest BCUT2D eigenvalue weighted by molar-refractivity contribution is 6.76. The molecule has 0 saturated carbocycles. The van der Waals surface area contributed by atoms with E-state index in [1.165, 1.54) is 4.90 Å². The largest absolute Gasteiger partial charge is 0.465 e. The Labute approximate surface area is 120 Å². The van der Waals surface area contributed by atoms with Crippen molar-refractivity contribution in [3.05, 3.63) is 17.0 Å². The van der Waals surface area contributed by atoms with Gasteiger partial charge in [-0.05, 0) is 13.0 Å². The summed E-state index contributed by atoms with van der Waals surface area (Å²) in [5.74, 6) is 0. The van der Waals surface area contributed by atoms with Crippen LogP contribution in [0.3, 0.4) is 0 Å². The minimum absolute atomic E-state index is 0.382. The van der Waals surface area contributed by atoms with Gasteiger partial charge in [0.1, 0.15) is 6.73 Å². The fraction of sp³-hybridized carbons (Fsp3) is 0.692. The number of aromatic nitrogens is 2. The highest BCUT2D eigenvalue weighted by Crippen LogP contribution is 2.25. The number of ether oxygens (including phenoxy) is 1. The maximum Gasteiger partial charge on any atom is 0.407 e. The smallest absolute Gasteiger partial charge is 0.407 e. The molecule has 0 spiro atoms. The van der Waals surface area contributed by atoms with Crippen molar-refractivity contribution >= 4 is 14.2 Å². The van der Waals surface area contributed by atoms with Gasteiger partial charge in [-0.2, -0.15) is 5.10 Å². The van der Waals surface area contributed by atoms with Crippen LogP contribution in [0, 0.1) is 6.92 Å². The molecule has 0 unspecified atom stereocenters. The average Bonchev–Trinajstić information content (AvgIpc) is 2.85. The van der Waals surface area contributed by atoms with E-state index >= 15 is 0 Å². The van der Waals surface area contributed by atoms with Crippen LogP contribution in [-0.2, 0) is 24.6 Å². The van der Waals surface area contributed by atoms with Gasteiger partial charge >= 0.3 is 6.09 Å². The molecule has 1 aromatic rings. The summed E-state index contributed by atoms with van der Waals surface area (Å²) in [4.78, 5) is 12.3. The second kappa shape index (κ2) is 5.57. The molecule has 0 saturated heterocycles. The highest BCUT2D eigenvalue weighted by Gasteiger charge is 2.28. The Hall–Kier alpha value is -1.34. The monoisotopic (exact) mass is 297 g/mol. The summed E-state index contributed by atoms with van der Waals surface area (Å²) < 4.78 is 7.53. The lowest BCUT2D eigenvalue weighted by molar-refractivity contribution is 0.0760. The molecule has 0 aromatic carbocycles. The Kier molecular flexibility index (Phi) is 4.19. The molecule has 0 bridgehead atoms. The minimum atomic E-state index is -1.06. The van der Waals surface area contributed by atoms with Crippen LogP contribution in [0.25, 0.3) is 0 Å². The molecule has 2 rings (SSSR count). The number of fused-ring (bicyclic) bond motifs is 1. The van der Waals surface area contributed by atoms with Crippen molar-refractivity contribution in [3.8, 4) is 0 Å². The molecule has 0 fully saturated rings. The van der Waals surface area contributed by atoms with Crippen LogP contribution in [0.4, 0.5) is 4.79 Å². The number of carbonyl (C=O) groups is 1. The molecule has 1 aliphatic rings. The molecule has 112 valence electrons. The Morgan fingerprint density at radius 2 is 2.10 bits per heavy atom. The van der Waals surface area contributed by atoms with Crippen LogP contribution in [0.1, 0.15) is 17.0 Å². The van der Waals surface area contributed by atoms with Gasteiger partial charge in [-0.3, -0.25) is 4.90 Å². The molecule has 2 heterocycles. The van der Waals surface area contributed by atoms with Gasteiger partial charge in [-0.15, -0.1) is 0 Å². The molecular formula is C13H23N3O3Si. The van der Waals surface area contributed by atoms with Crippen molar-refractivity contribution in [2.24, 2.45) is 0 Å². The van der Waals surface area contributed by atoms with Crippen molar-refractivity contribution in [2.75, 3.05) is 6.61 Å². The molecule has 1 amide bonds. The first kappa shape index (κ1) is 15.1. The topological polar surface area (TPSA) is 67.6 Å². The number of hydrogen-bond acceptors (Lipinski definition) is 3. The second-order valence-electron chi connectivity index (χ2n) is 6.50. The van der Waals surface area contributed by atoms with Gasteiger partial charge in [0.25, 0.3) is 0 Å². The van der Waals surface area contributed by atoms with E-state index in [1.54, 1.807) is 0 Å². The lowest BCUT2D eigenvalue weighted by atomic mass is 10.2. The summed E-state index contributed by atoms with van der Waals surface area (Å²) in [5.41, 5.74) is 2.90. The van der Waals surface area contributed by atoms with E-state index in [4.69, 9.17) is 9.84 Å². The van der Waals surface area contributed by atoms with E-state index in [2.05, 4.69) is 24.7 Å². The predicted molar refractivity (Wildman–Crippen MR) is 78.3 cm³/mol. The fourth-order valence-electron chi connectivity index (χ4n) is 2.20. The Balaban J connectivity index is 1.90. The maximum absolute atomic E-state index is 10.9. The Bertz CT molecular complexity index is 508. The molecular weight excluding hydrogens is 274 g/mol. The molecule has 0 aliphatic carbocycles. The van der Waals surface area contributed by atoms with Gasteiger partial charge in [0.15, 0.2) is 0 Å². The molecule has 7 heteroatoms. The van der Waals surface area contributed by atoms with Crippen LogP contribution in [0.5, 0.6) is 0 Å². The van der Waals surface area contributed by atoms with Crippen molar-refractivity contribution in [2.45, 2.75) is 52.4 Å². The minimum Gasteiger partial charge on any atom is -0.465 e. The normalized spacial score (nSPS) is 14.7. The van der Waals surface area contributed by atoms with Crippen LogP contribution >= 0.6 is 0 Å². The highest BCUT2D eigenvalue weighted by atomic mass is 28.3. The number of nitrogens with zero attached hydrogens (tertiary/aromatic N) is 3. The Morgan fingerprint density at radius 1 is 1.40 bits per heavy atom. The van der Waals surface area contributed by atoms with E-state index in [1.807, 2.05) is 11.6 Å². The molecule has 1 aromatic heterocycles. The van der Waals surface area contributed by atoms with E-state index in [0.717, 1.165) is 29.6 Å². The first-order valence-corrected chi connectivity index (χ1v) is 10.6. The predicted octanol–water partition coefficient (Wildman–Crippen LogP) is 2.50. The van der Waals surface area contributed by atoms with E-state index < -0.39 is 14.2 Å². The van der Waals surface area contributed by atoms with Gasteiger partial charge in [0.2, 0.25) is 0 Å². The summed E-state index contributed by atoms with van der Waals surface area (Å²) >= 11 is 0. The lowest BCUT2D eigenvalue weighted by Crippen LogP contribution is -2.24. The van der Waals surface area contributed by atoms with Gasteiger partial charge < -0.3 is 9.84 Å². The number of carboxylic acid groups (broad SMARTS) is 1. The van der Waals surface area contributed by atoms with Crippen molar-refractivity contribution in [1.82, 2.24) is 14.7 Å². The molecule has 1 aliphatic heterocycles. The zero-order chi connectivity index (χ0) is 14.9. The van der Waals surface area contributed by atoms with Gasteiger partial charge in [0.05, 0.1) is 18.8 Å². The average molecular weight is 297 g/mol. The van der Waals surface area contributed by atoms with Gasteiger partial charge in [0, 0.05) is 25.9 Å². The third kappa shape index (κ3) is 3.40. The molecule has 6 nitrogen and oxygen atoms in total. The van der Waals surface area contributed by atoms with E-state index in [-0.39, 0.29) is 0 Å². The van der Waals surface area contributed by atoms with Crippen molar-refractivity contribution in [1.29, 1.82) is 0 Å². The zero-order valence-corrected chi connectivity index (χ0v) is 13.6. The first-order chi connectivity index (χ1) is 9.28. The maximum atomic E-state index is 10.9. The molecule has 20 heavy (non-hydrogen) atoms. The molecule has 0 radical (unpaired) electrons. The quantitative estimate of drug-likeness (QED) is 0.670. The SMILES string of the molecule is Cc1c2c(nn1COCC[Si](C)(C)C)CN(C(=O)O)C2. The summed E-state index contributed by atoms with van der Waals surface area (Å²) in [6.07, 6.45) is -0.889. The van der Waals surface area contributed by atoms with Crippen LogP contribution in [-0.4, -0.2) is 40.6 Å². The summed E-state index contributed by atoms with van der Waals surface area (Å²) in [7, 11) is -1.06. The standard InChI is InChI=1S/C13H23N3O3Si/c1-10-11-7-15(13(17)18)8-12(11)14-16(10)9-19-5-6-20(2,3)4/h5-9H2,1-4H3,(H,17,18). The number of hydrogen-bond donors (Lipinski definition) is 1. The first-order valence-electron chi connectivity index (χ1n) is 6.89. The molecule has 0 atom stereocenters. The number of rotatable bonds is 5. The van der Waals surface area contributed by atoms with E-state index in [9.17, 15) is 4.79 Å². The lowest BCUT2D eigenvalue weighted by Gasteiger charge is -2.16. The van der Waals surface area contributed by atoms with Crippen molar-refractivity contribution < 1.29 is 14.6 Å². The zero-order valence-electron chi connectivity index (χ0n) is 12.6. The second-order valence-corrected chi connectivity index (χ2v) is 12.1. The third-order valence-electron chi connectivity index (χ3n) is 3.58. The van der Waals surface area contributed by atoms with E-state index in [0.29, 0.717) is 19.8 Å². The molecule has 1 N–H and O–H groups in total. The number of amides is 1. The summed E-state index contributed by atoms with van der Waals surface area (Å²) in [6, 6.07) is 1.14. The van der Waals surface area contributed by atoms with Crippen LogP contribution < -0.4 is 0 Å².